The van der Waals surface area contributed by atoms with Gasteiger partial charge in [-0.05, 0) is 32.2 Å². The lowest BCUT2D eigenvalue weighted by Gasteiger charge is -2.17. The molecule has 2 rings (SSSR count). The van der Waals surface area contributed by atoms with Crippen LogP contribution in [0.15, 0.2) is 29.9 Å². The molecule has 2 aromatic rings. The van der Waals surface area contributed by atoms with Gasteiger partial charge in [-0.3, -0.25) is 0 Å². The number of hydrogen-bond donors (Lipinski definition) is 1. The maximum atomic E-state index is 4.34. The summed E-state index contributed by atoms with van der Waals surface area (Å²) in [5.74, 6) is 0.941. The number of rotatable bonds is 4. The van der Waals surface area contributed by atoms with E-state index in [-0.39, 0.29) is 0 Å². The zero-order valence-corrected chi connectivity index (χ0v) is 10.7. The van der Waals surface area contributed by atoms with Crippen molar-refractivity contribution < 1.29 is 0 Å². The van der Waals surface area contributed by atoms with Crippen molar-refractivity contribution in [2.45, 2.75) is 32.9 Å². The number of nitrogens with one attached hydrogen (secondary N) is 1. The van der Waals surface area contributed by atoms with E-state index in [0.29, 0.717) is 12.1 Å². The minimum Gasteiger partial charge on any atom is -0.353 e. The van der Waals surface area contributed by atoms with Crippen molar-refractivity contribution in [2.75, 3.05) is 5.32 Å². The molecule has 16 heavy (non-hydrogen) atoms. The molecule has 0 amide bonds. The van der Waals surface area contributed by atoms with E-state index < -0.39 is 0 Å². The van der Waals surface area contributed by atoms with Gasteiger partial charge in [0.15, 0.2) is 0 Å². The topological polar surface area (TPSA) is 29.9 Å². The second kappa shape index (κ2) is 4.70. The Bertz CT molecular complexity index is 431. The van der Waals surface area contributed by atoms with Gasteiger partial charge < -0.3 is 9.88 Å². The minimum absolute atomic E-state index is 0.337. The van der Waals surface area contributed by atoms with Gasteiger partial charge in [0, 0.05) is 23.3 Å². The molecule has 0 bridgehead atoms. The average Bonchev–Trinajstić information content (AvgIpc) is 2.84. The number of imidazole rings is 1. The highest BCUT2D eigenvalue weighted by atomic mass is 32.1. The summed E-state index contributed by atoms with van der Waals surface area (Å²) in [5, 5.41) is 5.46. The van der Waals surface area contributed by atoms with Crippen LogP contribution in [0, 0.1) is 0 Å². The molecule has 0 spiro atoms. The lowest BCUT2D eigenvalue weighted by Crippen LogP contribution is -2.16. The molecule has 3 nitrogen and oxygen atoms in total. The van der Waals surface area contributed by atoms with Gasteiger partial charge in [0.1, 0.15) is 0 Å². The molecular weight excluding hydrogens is 218 g/mol. The summed E-state index contributed by atoms with van der Waals surface area (Å²) < 4.78 is 2.17. The van der Waals surface area contributed by atoms with E-state index in [4.69, 9.17) is 0 Å². The van der Waals surface area contributed by atoms with Crippen LogP contribution < -0.4 is 5.32 Å². The summed E-state index contributed by atoms with van der Waals surface area (Å²) in [6.45, 7) is 6.43. The van der Waals surface area contributed by atoms with Gasteiger partial charge in [0.05, 0.1) is 6.04 Å². The van der Waals surface area contributed by atoms with E-state index in [2.05, 4.69) is 53.2 Å². The van der Waals surface area contributed by atoms with Crippen LogP contribution in [-0.4, -0.2) is 15.6 Å². The Labute approximate surface area is 100 Å². The van der Waals surface area contributed by atoms with Crippen LogP contribution in [-0.2, 0) is 0 Å². The van der Waals surface area contributed by atoms with Crippen molar-refractivity contribution in [3.63, 3.8) is 0 Å². The summed E-state index contributed by atoms with van der Waals surface area (Å²) in [6.07, 6.45) is 3.86. The molecule has 0 aliphatic rings. The fraction of sp³-hybridized carbons (Fsp3) is 0.417. The molecule has 1 unspecified atom stereocenters. The zero-order valence-electron chi connectivity index (χ0n) is 9.84. The van der Waals surface area contributed by atoms with Crippen molar-refractivity contribution in [1.29, 1.82) is 0 Å². The zero-order chi connectivity index (χ0) is 11.5. The molecule has 0 fully saturated rings. The maximum absolute atomic E-state index is 4.34. The number of anilines is 1. The first kappa shape index (κ1) is 11.2. The summed E-state index contributed by atoms with van der Waals surface area (Å²) in [7, 11) is 0. The van der Waals surface area contributed by atoms with Crippen LogP contribution >= 0.6 is 11.3 Å². The van der Waals surface area contributed by atoms with Gasteiger partial charge in [-0.1, -0.05) is 6.07 Å². The van der Waals surface area contributed by atoms with Crippen LogP contribution in [0.25, 0.3) is 0 Å². The third-order valence-corrected chi connectivity index (χ3v) is 3.50. The first-order valence-corrected chi connectivity index (χ1v) is 6.39. The van der Waals surface area contributed by atoms with E-state index in [1.54, 1.807) is 11.3 Å². The Hall–Kier alpha value is -1.29. The van der Waals surface area contributed by atoms with Gasteiger partial charge in [-0.25, -0.2) is 4.98 Å². The Morgan fingerprint density at radius 2 is 2.19 bits per heavy atom. The average molecular weight is 235 g/mol. The van der Waals surface area contributed by atoms with E-state index in [1.807, 2.05) is 12.4 Å². The van der Waals surface area contributed by atoms with Crippen molar-refractivity contribution in [1.82, 2.24) is 9.55 Å². The van der Waals surface area contributed by atoms with Crippen molar-refractivity contribution in [3.8, 4) is 0 Å². The molecule has 1 atom stereocenters. The van der Waals surface area contributed by atoms with E-state index in [0.717, 1.165) is 5.95 Å². The molecule has 0 saturated carbocycles. The lowest BCUT2D eigenvalue weighted by atomic mass is 10.3. The SMILES string of the molecule is CC(C)Nc1nccn1C(C)c1cccs1. The molecule has 0 aliphatic carbocycles. The molecule has 86 valence electrons. The highest BCUT2D eigenvalue weighted by molar-refractivity contribution is 7.10. The first-order chi connectivity index (χ1) is 7.68. The predicted molar refractivity (Wildman–Crippen MR) is 69.1 cm³/mol. The molecular formula is C12H17N3S. The quantitative estimate of drug-likeness (QED) is 0.880. The lowest BCUT2D eigenvalue weighted by molar-refractivity contribution is 0.649. The van der Waals surface area contributed by atoms with Crippen LogP contribution in [0.5, 0.6) is 0 Å². The van der Waals surface area contributed by atoms with Gasteiger partial charge in [0.2, 0.25) is 5.95 Å². The summed E-state index contributed by atoms with van der Waals surface area (Å²) in [4.78, 5) is 5.70. The summed E-state index contributed by atoms with van der Waals surface area (Å²) in [5.41, 5.74) is 0. The molecule has 0 aromatic carbocycles. The van der Waals surface area contributed by atoms with Crippen LogP contribution in [0.3, 0.4) is 0 Å². The van der Waals surface area contributed by atoms with Gasteiger partial charge in [-0.2, -0.15) is 0 Å². The van der Waals surface area contributed by atoms with Gasteiger partial charge in [-0.15, -0.1) is 11.3 Å². The summed E-state index contributed by atoms with van der Waals surface area (Å²) >= 11 is 1.78. The smallest absolute Gasteiger partial charge is 0.203 e. The number of nitrogens with zero attached hydrogens (tertiary/aromatic N) is 2. The van der Waals surface area contributed by atoms with Gasteiger partial charge >= 0.3 is 0 Å². The Morgan fingerprint density at radius 1 is 1.38 bits per heavy atom. The molecule has 0 aliphatic heterocycles. The normalized spacial score (nSPS) is 13.0. The molecule has 4 heteroatoms. The number of aromatic nitrogens is 2. The fourth-order valence-corrected chi connectivity index (χ4v) is 2.44. The van der Waals surface area contributed by atoms with Crippen molar-refractivity contribution >= 4 is 17.3 Å². The molecule has 0 saturated heterocycles. The van der Waals surface area contributed by atoms with E-state index in [9.17, 15) is 0 Å². The van der Waals surface area contributed by atoms with Crippen molar-refractivity contribution in [2.24, 2.45) is 0 Å². The van der Waals surface area contributed by atoms with Crippen LogP contribution in [0.1, 0.15) is 31.7 Å². The molecule has 2 aromatic heterocycles. The van der Waals surface area contributed by atoms with Crippen molar-refractivity contribution in [3.05, 3.63) is 34.8 Å². The Kier molecular flexibility index (Phi) is 3.29. The molecule has 2 heterocycles. The van der Waals surface area contributed by atoms with Gasteiger partial charge in [0.25, 0.3) is 0 Å². The highest BCUT2D eigenvalue weighted by Gasteiger charge is 2.12. The summed E-state index contributed by atoms with van der Waals surface area (Å²) in [6, 6.07) is 4.98. The second-order valence-corrected chi connectivity index (χ2v) is 5.13. The molecule has 1 N–H and O–H groups in total. The van der Waals surface area contributed by atoms with Crippen LogP contribution in [0.4, 0.5) is 5.95 Å². The minimum atomic E-state index is 0.337. The maximum Gasteiger partial charge on any atom is 0.203 e. The first-order valence-electron chi connectivity index (χ1n) is 5.51. The Balaban J connectivity index is 2.23. The fourth-order valence-electron chi connectivity index (χ4n) is 1.66. The third kappa shape index (κ3) is 2.27. The third-order valence-electron chi connectivity index (χ3n) is 2.46. The second-order valence-electron chi connectivity index (χ2n) is 4.15. The van der Waals surface area contributed by atoms with E-state index in [1.165, 1.54) is 4.88 Å². The molecule has 0 radical (unpaired) electrons. The largest absolute Gasteiger partial charge is 0.353 e. The Morgan fingerprint density at radius 3 is 2.81 bits per heavy atom. The highest BCUT2D eigenvalue weighted by Crippen LogP contribution is 2.25. The van der Waals surface area contributed by atoms with Crippen LogP contribution in [0.2, 0.25) is 0 Å². The standard InChI is InChI=1S/C12H17N3S/c1-9(2)14-12-13-6-7-15(12)10(3)11-5-4-8-16-11/h4-10H,1-3H3,(H,13,14). The van der Waals surface area contributed by atoms with E-state index >= 15 is 0 Å². The predicted octanol–water partition coefficient (Wildman–Crippen LogP) is 3.37. The monoisotopic (exact) mass is 235 g/mol. The number of hydrogen-bond acceptors (Lipinski definition) is 3. The number of thiophene rings is 1.